The Kier molecular flexibility index (Phi) is 6.28. The highest BCUT2D eigenvalue weighted by Gasteiger charge is 2.49. The molecule has 2 atom stereocenters. The summed E-state index contributed by atoms with van der Waals surface area (Å²) in [5.74, 6) is 1.96. The molecule has 5 nitrogen and oxygen atoms in total. The van der Waals surface area contributed by atoms with Crippen LogP contribution in [0.5, 0.6) is 11.5 Å². The van der Waals surface area contributed by atoms with Crippen molar-refractivity contribution in [1.29, 1.82) is 0 Å². The monoisotopic (exact) mass is 449 g/mol. The van der Waals surface area contributed by atoms with E-state index in [1.54, 1.807) is 14.2 Å². The van der Waals surface area contributed by atoms with Gasteiger partial charge in [-0.2, -0.15) is 0 Å². The zero-order valence-corrected chi connectivity index (χ0v) is 20.6. The highest BCUT2D eigenvalue weighted by molar-refractivity contribution is 5.90. The summed E-state index contributed by atoms with van der Waals surface area (Å²) in [4.78, 5) is 15.3. The Morgan fingerprint density at radius 3 is 2.52 bits per heavy atom. The molecule has 0 spiro atoms. The largest absolute Gasteiger partial charge is 0.493 e. The Balaban J connectivity index is 1.58. The molecule has 5 heteroatoms. The molecule has 2 unspecified atom stereocenters. The van der Waals surface area contributed by atoms with Crippen LogP contribution in [0.4, 0.5) is 0 Å². The zero-order chi connectivity index (χ0) is 23.8. The fourth-order valence-corrected chi connectivity index (χ4v) is 5.25. The summed E-state index contributed by atoms with van der Waals surface area (Å²) in [7, 11) is 5.48. The number of esters is 1. The molecule has 1 fully saturated rings. The number of rotatable bonds is 5. The van der Waals surface area contributed by atoms with Gasteiger partial charge in [-0.25, -0.2) is 4.79 Å². The fraction of sp³-hybridized carbons (Fsp3) is 0.464. The maximum absolute atomic E-state index is 13.0. The third-order valence-electron chi connectivity index (χ3n) is 7.32. The van der Waals surface area contributed by atoms with Crippen molar-refractivity contribution in [1.82, 2.24) is 4.90 Å². The van der Waals surface area contributed by atoms with E-state index in [4.69, 9.17) is 14.2 Å². The van der Waals surface area contributed by atoms with E-state index in [1.165, 1.54) is 5.56 Å². The first-order valence-corrected chi connectivity index (χ1v) is 11.6. The van der Waals surface area contributed by atoms with Gasteiger partial charge >= 0.3 is 5.97 Å². The van der Waals surface area contributed by atoms with Crippen LogP contribution < -0.4 is 9.47 Å². The number of carbonyl (C=O) groups is 1. The van der Waals surface area contributed by atoms with Crippen LogP contribution in [-0.2, 0) is 15.6 Å². The molecular formula is C28H35NO4. The van der Waals surface area contributed by atoms with Crippen LogP contribution in [0.3, 0.4) is 0 Å². The normalized spacial score (nSPS) is 23.0. The van der Waals surface area contributed by atoms with Crippen molar-refractivity contribution >= 4 is 5.97 Å². The van der Waals surface area contributed by atoms with Crippen LogP contribution in [0.25, 0.3) is 0 Å². The molecule has 0 amide bonds. The second-order valence-electron chi connectivity index (χ2n) is 10.3. The lowest BCUT2D eigenvalue weighted by Crippen LogP contribution is -2.43. The summed E-state index contributed by atoms with van der Waals surface area (Å²) < 4.78 is 16.9. The SMILES string of the molecule is COc1ccc(C23CC=C(OC(=O)c4cccc(C(C)(C)C)c4)CC2N(C)CC3)cc1OC. The molecule has 1 aliphatic carbocycles. The number of nitrogens with zero attached hydrogens (tertiary/aromatic N) is 1. The van der Waals surface area contributed by atoms with Gasteiger partial charge in [-0.05, 0) is 73.3 Å². The lowest BCUT2D eigenvalue weighted by molar-refractivity contribution is 0.0579. The average Bonchev–Trinajstić information content (AvgIpc) is 3.15. The summed E-state index contributed by atoms with van der Waals surface area (Å²) in [6.45, 7) is 7.43. The van der Waals surface area contributed by atoms with Crippen LogP contribution in [0, 0.1) is 0 Å². The van der Waals surface area contributed by atoms with Gasteiger partial charge in [-0.3, -0.25) is 0 Å². The smallest absolute Gasteiger partial charge is 0.343 e. The second kappa shape index (κ2) is 8.86. The molecule has 4 rings (SSSR count). The summed E-state index contributed by atoms with van der Waals surface area (Å²) in [5, 5.41) is 0. The van der Waals surface area contributed by atoms with E-state index in [2.05, 4.69) is 57.0 Å². The molecule has 1 aliphatic heterocycles. The van der Waals surface area contributed by atoms with Crippen LogP contribution >= 0.6 is 0 Å². The number of carbonyl (C=O) groups excluding carboxylic acids is 1. The third kappa shape index (κ3) is 4.39. The quantitative estimate of drug-likeness (QED) is 0.566. The van der Waals surface area contributed by atoms with E-state index in [-0.39, 0.29) is 22.8 Å². The zero-order valence-electron chi connectivity index (χ0n) is 20.6. The van der Waals surface area contributed by atoms with Crippen LogP contribution in [0.1, 0.15) is 61.5 Å². The molecular weight excluding hydrogens is 414 g/mol. The fourth-order valence-electron chi connectivity index (χ4n) is 5.25. The van der Waals surface area contributed by atoms with Gasteiger partial charge in [0.1, 0.15) is 5.76 Å². The third-order valence-corrected chi connectivity index (χ3v) is 7.32. The van der Waals surface area contributed by atoms with Gasteiger partial charge < -0.3 is 19.1 Å². The maximum atomic E-state index is 13.0. The Hall–Kier alpha value is -2.79. The number of benzene rings is 2. The Morgan fingerprint density at radius 2 is 1.82 bits per heavy atom. The first kappa shape index (κ1) is 23.4. The van der Waals surface area contributed by atoms with Gasteiger partial charge in [0.15, 0.2) is 11.5 Å². The minimum atomic E-state index is -0.286. The Bertz CT molecular complexity index is 1070. The first-order valence-electron chi connectivity index (χ1n) is 11.6. The molecule has 1 heterocycles. The van der Waals surface area contributed by atoms with Gasteiger partial charge in [0.2, 0.25) is 0 Å². The second-order valence-corrected chi connectivity index (χ2v) is 10.3. The number of ether oxygens (including phenoxy) is 3. The predicted molar refractivity (Wildman–Crippen MR) is 130 cm³/mol. The van der Waals surface area contributed by atoms with Gasteiger partial charge in [0.25, 0.3) is 0 Å². The molecule has 0 aromatic heterocycles. The molecule has 2 aliphatic rings. The summed E-state index contributed by atoms with van der Waals surface area (Å²) in [6.07, 6.45) is 4.69. The standard InChI is InChI=1S/C28H35NO4/c1-27(2,3)20-9-7-8-19(16-20)26(30)33-22-12-13-28(14-15-29(4)25(28)18-22)21-10-11-23(31-5)24(17-21)32-6/h7-12,16-17,25H,13-15,18H2,1-6H3. The topological polar surface area (TPSA) is 48.0 Å². The highest BCUT2D eigenvalue weighted by atomic mass is 16.5. The Morgan fingerprint density at radius 1 is 1.06 bits per heavy atom. The molecule has 2 aromatic rings. The summed E-state index contributed by atoms with van der Waals surface area (Å²) in [5.41, 5.74) is 2.91. The van der Waals surface area contributed by atoms with Gasteiger partial charge in [-0.1, -0.05) is 39.0 Å². The van der Waals surface area contributed by atoms with Crippen molar-refractivity contribution in [3.8, 4) is 11.5 Å². The van der Waals surface area contributed by atoms with E-state index < -0.39 is 0 Å². The Labute approximate surface area is 197 Å². The molecule has 0 bridgehead atoms. The molecule has 176 valence electrons. The molecule has 0 N–H and O–H groups in total. The van der Waals surface area contributed by atoms with E-state index >= 15 is 0 Å². The van der Waals surface area contributed by atoms with Crippen molar-refractivity contribution in [3.63, 3.8) is 0 Å². The first-order chi connectivity index (χ1) is 15.7. The lowest BCUT2D eigenvalue weighted by Gasteiger charge is -2.40. The van der Waals surface area contributed by atoms with Crippen LogP contribution in [-0.4, -0.2) is 44.7 Å². The predicted octanol–water partition coefficient (Wildman–Crippen LogP) is 5.48. The van der Waals surface area contributed by atoms with Crippen molar-refractivity contribution < 1.29 is 19.0 Å². The van der Waals surface area contributed by atoms with E-state index in [1.807, 2.05) is 24.3 Å². The molecule has 2 aromatic carbocycles. The van der Waals surface area contributed by atoms with Crippen LogP contribution in [0.15, 0.2) is 54.3 Å². The molecule has 0 saturated carbocycles. The average molecular weight is 450 g/mol. The van der Waals surface area contributed by atoms with Crippen molar-refractivity contribution in [2.24, 2.45) is 0 Å². The van der Waals surface area contributed by atoms with Crippen molar-refractivity contribution in [2.45, 2.75) is 56.9 Å². The van der Waals surface area contributed by atoms with E-state index in [9.17, 15) is 4.79 Å². The number of allylic oxidation sites excluding steroid dienone is 1. The number of likely N-dealkylation sites (N-methyl/N-ethyl adjacent to an activating group) is 1. The number of likely N-dealkylation sites (tertiary alicyclic amines) is 1. The molecule has 1 saturated heterocycles. The molecule has 33 heavy (non-hydrogen) atoms. The number of fused-ring (bicyclic) bond motifs is 1. The maximum Gasteiger partial charge on any atom is 0.343 e. The highest BCUT2D eigenvalue weighted by Crippen LogP contribution is 2.49. The molecule has 0 radical (unpaired) electrons. The number of methoxy groups -OCH3 is 2. The number of hydrogen-bond donors (Lipinski definition) is 0. The van der Waals surface area contributed by atoms with Gasteiger partial charge in [0.05, 0.1) is 19.8 Å². The minimum absolute atomic E-state index is 0.0218. The van der Waals surface area contributed by atoms with E-state index in [0.717, 1.165) is 42.2 Å². The van der Waals surface area contributed by atoms with E-state index in [0.29, 0.717) is 12.0 Å². The van der Waals surface area contributed by atoms with Crippen LogP contribution in [0.2, 0.25) is 0 Å². The van der Waals surface area contributed by atoms with Crippen molar-refractivity contribution in [3.05, 3.63) is 71.0 Å². The summed E-state index contributed by atoms with van der Waals surface area (Å²) in [6, 6.07) is 14.3. The summed E-state index contributed by atoms with van der Waals surface area (Å²) >= 11 is 0. The van der Waals surface area contributed by atoms with Gasteiger partial charge in [0, 0.05) is 17.9 Å². The minimum Gasteiger partial charge on any atom is -0.493 e. The lowest BCUT2D eigenvalue weighted by atomic mass is 9.68. The van der Waals surface area contributed by atoms with Crippen molar-refractivity contribution in [2.75, 3.05) is 27.8 Å². The van der Waals surface area contributed by atoms with Gasteiger partial charge in [-0.15, -0.1) is 0 Å². The number of hydrogen-bond acceptors (Lipinski definition) is 5.